The Hall–Kier alpha value is -1.84. The van der Waals surface area contributed by atoms with Crippen LogP contribution in [0.5, 0.6) is 5.75 Å². The maximum atomic E-state index is 5.52. The molecule has 0 spiro atoms. The maximum absolute atomic E-state index is 5.52. The molecule has 0 aliphatic heterocycles. The Bertz CT molecular complexity index is 454. The fourth-order valence-electron chi connectivity index (χ4n) is 1.57. The van der Waals surface area contributed by atoms with Crippen LogP contribution in [0.4, 0.5) is 0 Å². The molecule has 2 aromatic carbocycles. The molecule has 0 saturated carbocycles. The van der Waals surface area contributed by atoms with Gasteiger partial charge in [0.15, 0.2) is 6.79 Å². The van der Waals surface area contributed by atoms with Crippen LogP contribution in [-0.4, -0.2) is 6.79 Å². The number of nitrogens with two attached hydrogens (primary N) is 1. The second-order valence-corrected chi connectivity index (χ2v) is 3.94. The molecule has 18 heavy (non-hydrogen) atoms. The van der Waals surface area contributed by atoms with E-state index in [1.54, 1.807) is 0 Å². The van der Waals surface area contributed by atoms with Gasteiger partial charge in [0.2, 0.25) is 0 Å². The highest BCUT2D eigenvalue weighted by Gasteiger charge is 1.95. The van der Waals surface area contributed by atoms with Gasteiger partial charge in [0.1, 0.15) is 5.75 Å². The van der Waals surface area contributed by atoms with Crippen LogP contribution in [0, 0.1) is 0 Å². The van der Waals surface area contributed by atoms with Gasteiger partial charge in [-0.25, -0.2) is 0 Å². The van der Waals surface area contributed by atoms with Crippen molar-refractivity contribution in [3.63, 3.8) is 0 Å². The third-order valence-corrected chi connectivity index (χ3v) is 2.58. The highest BCUT2D eigenvalue weighted by atomic mass is 16.7. The van der Waals surface area contributed by atoms with Gasteiger partial charge in [0.25, 0.3) is 0 Å². The van der Waals surface area contributed by atoms with E-state index in [2.05, 4.69) is 0 Å². The van der Waals surface area contributed by atoms with Gasteiger partial charge in [-0.1, -0.05) is 42.5 Å². The van der Waals surface area contributed by atoms with E-state index in [1.165, 1.54) is 0 Å². The van der Waals surface area contributed by atoms with Crippen molar-refractivity contribution in [1.29, 1.82) is 0 Å². The first kappa shape index (κ1) is 12.6. The number of ether oxygens (including phenoxy) is 2. The summed E-state index contributed by atoms with van der Waals surface area (Å²) in [5, 5.41) is 0. The number of rotatable bonds is 6. The minimum absolute atomic E-state index is 0.247. The second-order valence-electron chi connectivity index (χ2n) is 3.94. The molecule has 2 aromatic rings. The molecule has 0 heterocycles. The molecule has 94 valence electrons. The van der Waals surface area contributed by atoms with Crippen molar-refractivity contribution < 1.29 is 9.47 Å². The molecule has 0 unspecified atom stereocenters. The normalized spacial score (nSPS) is 10.3. The van der Waals surface area contributed by atoms with Crippen LogP contribution >= 0.6 is 0 Å². The Morgan fingerprint density at radius 2 is 1.56 bits per heavy atom. The Morgan fingerprint density at radius 3 is 2.22 bits per heavy atom. The van der Waals surface area contributed by atoms with Crippen molar-refractivity contribution in [2.24, 2.45) is 5.73 Å². The molecule has 0 aliphatic rings. The molecule has 0 aromatic heterocycles. The lowest BCUT2D eigenvalue weighted by atomic mass is 10.2. The van der Waals surface area contributed by atoms with E-state index in [-0.39, 0.29) is 6.79 Å². The molecule has 0 saturated heterocycles. The average Bonchev–Trinajstić information content (AvgIpc) is 2.45. The van der Waals surface area contributed by atoms with E-state index < -0.39 is 0 Å². The smallest absolute Gasteiger partial charge is 0.189 e. The van der Waals surface area contributed by atoms with Crippen molar-refractivity contribution in [2.45, 2.75) is 13.2 Å². The fraction of sp³-hybridized carbons (Fsp3) is 0.200. The Labute approximate surface area is 107 Å². The van der Waals surface area contributed by atoms with E-state index >= 15 is 0 Å². The molecule has 0 radical (unpaired) electrons. The highest BCUT2D eigenvalue weighted by molar-refractivity contribution is 5.26. The van der Waals surface area contributed by atoms with Gasteiger partial charge >= 0.3 is 0 Å². The highest BCUT2D eigenvalue weighted by Crippen LogP contribution is 2.12. The molecule has 0 bridgehead atoms. The molecule has 2 N–H and O–H groups in total. The summed E-state index contributed by atoms with van der Waals surface area (Å²) in [6.45, 7) is 1.35. The van der Waals surface area contributed by atoms with Crippen molar-refractivity contribution in [3.8, 4) is 5.75 Å². The van der Waals surface area contributed by atoms with Crippen LogP contribution in [-0.2, 0) is 17.9 Å². The van der Waals surface area contributed by atoms with Crippen LogP contribution in [0.25, 0.3) is 0 Å². The summed E-state index contributed by atoms with van der Waals surface area (Å²) in [5.74, 6) is 0.792. The first-order valence-electron chi connectivity index (χ1n) is 5.92. The van der Waals surface area contributed by atoms with E-state index in [0.717, 1.165) is 16.9 Å². The molecule has 3 heteroatoms. The summed E-state index contributed by atoms with van der Waals surface area (Å²) in [6.07, 6.45) is 0. The van der Waals surface area contributed by atoms with Crippen LogP contribution in [0.1, 0.15) is 11.1 Å². The van der Waals surface area contributed by atoms with Gasteiger partial charge in [0.05, 0.1) is 6.61 Å². The summed E-state index contributed by atoms with van der Waals surface area (Å²) in [4.78, 5) is 0. The van der Waals surface area contributed by atoms with Crippen molar-refractivity contribution in [1.82, 2.24) is 0 Å². The molecule has 2 rings (SSSR count). The third kappa shape index (κ3) is 3.87. The largest absolute Gasteiger partial charge is 0.468 e. The van der Waals surface area contributed by atoms with Crippen LogP contribution in [0.2, 0.25) is 0 Å². The SMILES string of the molecule is NCc1ccc(OCOCc2ccccc2)cc1. The topological polar surface area (TPSA) is 44.5 Å². The Balaban J connectivity index is 1.72. The van der Waals surface area contributed by atoms with E-state index in [1.807, 2.05) is 54.6 Å². The van der Waals surface area contributed by atoms with Gasteiger partial charge in [-0.05, 0) is 23.3 Å². The van der Waals surface area contributed by atoms with Crippen LogP contribution in [0.15, 0.2) is 54.6 Å². The number of hydrogen-bond donors (Lipinski definition) is 1. The number of hydrogen-bond acceptors (Lipinski definition) is 3. The lowest BCUT2D eigenvalue weighted by Crippen LogP contribution is -2.03. The van der Waals surface area contributed by atoms with E-state index in [9.17, 15) is 0 Å². The van der Waals surface area contributed by atoms with Crippen molar-refractivity contribution in [2.75, 3.05) is 6.79 Å². The van der Waals surface area contributed by atoms with Gasteiger partial charge in [-0.15, -0.1) is 0 Å². The van der Waals surface area contributed by atoms with Crippen LogP contribution < -0.4 is 10.5 Å². The van der Waals surface area contributed by atoms with E-state index in [4.69, 9.17) is 15.2 Å². The molecular weight excluding hydrogens is 226 g/mol. The average molecular weight is 243 g/mol. The van der Waals surface area contributed by atoms with Gasteiger partial charge < -0.3 is 15.2 Å². The Kier molecular flexibility index (Phi) is 4.76. The minimum atomic E-state index is 0.247. The predicted molar refractivity (Wildman–Crippen MR) is 71.1 cm³/mol. The van der Waals surface area contributed by atoms with Crippen molar-refractivity contribution in [3.05, 3.63) is 65.7 Å². The molecule has 0 amide bonds. The first-order valence-corrected chi connectivity index (χ1v) is 5.92. The molecule has 3 nitrogen and oxygen atoms in total. The third-order valence-electron chi connectivity index (χ3n) is 2.58. The zero-order chi connectivity index (χ0) is 12.6. The lowest BCUT2D eigenvalue weighted by Gasteiger charge is -2.07. The van der Waals surface area contributed by atoms with Gasteiger partial charge in [-0.3, -0.25) is 0 Å². The first-order chi connectivity index (χ1) is 8.88. The molecule has 0 aliphatic carbocycles. The zero-order valence-corrected chi connectivity index (χ0v) is 10.2. The lowest BCUT2D eigenvalue weighted by molar-refractivity contribution is 0.00504. The summed E-state index contributed by atoms with van der Waals surface area (Å²) >= 11 is 0. The van der Waals surface area contributed by atoms with Crippen molar-refractivity contribution >= 4 is 0 Å². The summed E-state index contributed by atoms with van der Waals surface area (Å²) in [6, 6.07) is 17.7. The van der Waals surface area contributed by atoms with E-state index in [0.29, 0.717) is 13.2 Å². The summed E-state index contributed by atoms with van der Waals surface area (Å²) in [7, 11) is 0. The minimum Gasteiger partial charge on any atom is -0.468 e. The second kappa shape index (κ2) is 6.79. The summed E-state index contributed by atoms with van der Waals surface area (Å²) in [5.41, 5.74) is 7.75. The standard InChI is InChI=1S/C15H17NO2/c16-10-13-6-8-15(9-7-13)18-12-17-11-14-4-2-1-3-5-14/h1-9H,10-12,16H2. The maximum Gasteiger partial charge on any atom is 0.189 e. The molecule has 0 atom stereocenters. The fourth-order valence-corrected chi connectivity index (χ4v) is 1.57. The van der Waals surface area contributed by atoms with Gasteiger partial charge in [-0.2, -0.15) is 0 Å². The summed E-state index contributed by atoms with van der Waals surface area (Å²) < 4.78 is 10.9. The predicted octanol–water partition coefficient (Wildman–Crippen LogP) is 2.70. The monoisotopic (exact) mass is 243 g/mol. The zero-order valence-electron chi connectivity index (χ0n) is 10.2. The van der Waals surface area contributed by atoms with Crippen LogP contribution in [0.3, 0.4) is 0 Å². The quantitative estimate of drug-likeness (QED) is 0.626. The number of benzene rings is 2. The molecular formula is C15H17NO2. The van der Waals surface area contributed by atoms with Gasteiger partial charge in [0, 0.05) is 6.54 Å². The molecule has 0 fully saturated rings. The Morgan fingerprint density at radius 1 is 0.833 bits per heavy atom.